The average Bonchev–Trinajstić information content (AvgIpc) is 2.90. The van der Waals surface area contributed by atoms with Gasteiger partial charge in [0.05, 0.1) is 11.8 Å². The van der Waals surface area contributed by atoms with E-state index in [9.17, 15) is 4.79 Å². The second-order valence-corrected chi connectivity index (χ2v) is 4.78. The number of hydrogen-bond donors (Lipinski definition) is 1. The number of nitrogens with two attached hydrogens (primary N) is 1. The highest BCUT2D eigenvalue weighted by molar-refractivity contribution is 5.93. The molecule has 1 aliphatic carbocycles. The van der Waals surface area contributed by atoms with E-state index < -0.39 is 0 Å². The van der Waals surface area contributed by atoms with Gasteiger partial charge >= 0.3 is 0 Å². The quantitative estimate of drug-likeness (QED) is 0.871. The molecule has 17 heavy (non-hydrogen) atoms. The first-order chi connectivity index (χ1) is 8.24. The molecule has 2 rings (SSSR count). The lowest BCUT2D eigenvalue weighted by atomic mass is 9.83. The van der Waals surface area contributed by atoms with Crippen LogP contribution in [0.25, 0.3) is 0 Å². The molecular formula is C13H20N2O2. The fourth-order valence-electron chi connectivity index (χ4n) is 2.71. The Hall–Kier alpha value is -1.29. The van der Waals surface area contributed by atoms with Crippen molar-refractivity contribution >= 4 is 5.91 Å². The summed E-state index contributed by atoms with van der Waals surface area (Å²) in [5.41, 5.74) is 6.41. The molecule has 2 atom stereocenters. The number of rotatable bonds is 3. The number of carbonyl (C=O) groups is 1. The normalized spacial score (nSPS) is 24.6. The summed E-state index contributed by atoms with van der Waals surface area (Å²) in [6.07, 6.45) is 7.63. The highest BCUT2D eigenvalue weighted by Crippen LogP contribution is 2.28. The van der Waals surface area contributed by atoms with E-state index in [2.05, 4.69) is 0 Å². The van der Waals surface area contributed by atoms with E-state index in [4.69, 9.17) is 10.2 Å². The van der Waals surface area contributed by atoms with Crippen LogP contribution in [0, 0.1) is 5.92 Å². The Morgan fingerprint density at radius 3 is 2.94 bits per heavy atom. The van der Waals surface area contributed by atoms with Gasteiger partial charge in [0.25, 0.3) is 5.91 Å². The highest BCUT2D eigenvalue weighted by Gasteiger charge is 2.30. The molecule has 2 N–H and O–H groups in total. The van der Waals surface area contributed by atoms with Crippen LogP contribution in [-0.2, 0) is 0 Å². The number of carbonyl (C=O) groups excluding carboxylic acids is 1. The van der Waals surface area contributed by atoms with E-state index in [0.29, 0.717) is 18.0 Å². The van der Waals surface area contributed by atoms with Crippen LogP contribution in [0.3, 0.4) is 0 Å². The highest BCUT2D eigenvalue weighted by atomic mass is 16.3. The number of hydrogen-bond acceptors (Lipinski definition) is 3. The van der Waals surface area contributed by atoms with Crippen molar-refractivity contribution in [2.75, 3.05) is 13.6 Å². The van der Waals surface area contributed by atoms with Crippen molar-refractivity contribution in [3.05, 3.63) is 24.2 Å². The topological polar surface area (TPSA) is 59.5 Å². The molecule has 0 radical (unpaired) electrons. The molecule has 1 heterocycles. The van der Waals surface area contributed by atoms with Crippen molar-refractivity contribution in [1.82, 2.24) is 4.90 Å². The van der Waals surface area contributed by atoms with E-state index in [1.54, 1.807) is 6.07 Å². The average molecular weight is 236 g/mol. The van der Waals surface area contributed by atoms with Crippen molar-refractivity contribution in [2.24, 2.45) is 11.7 Å². The van der Waals surface area contributed by atoms with Gasteiger partial charge in [0.2, 0.25) is 0 Å². The molecule has 0 bridgehead atoms. The summed E-state index contributed by atoms with van der Waals surface area (Å²) < 4.78 is 4.95. The van der Waals surface area contributed by atoms with E-state index in [0.717, 1.165) is 12.8 Å². The lowest BCUT2D eigenvalue weighted by Gasteiger charge is -2.37. The summed E-state index contributed by atoms with van der Waals surface area (Å²) >= 11 is 0. The van der Waals surface area contributed by atoms with Gasteiger partial charge in [-0.3, -0.25) is 4.79 Å². The predicted molar refractivity (Wildman–Crippen MR) is 65.6 cm³/mol. The van der Waals surface area contributed by atoms with Crippen LogP contribution in [-0.4, -0.2) is 30.4 Å². The number of amides is 1. The molecule has 94 valence electrons. The summed E-state index contributed by atoms with van der Waals surface area (Å²) in [4.78, 5) is 14.0. The first-order valence-corrected chi connectivity index (χ1v) is 6.23. The Kier molecular flexibility index (Phi) is 3.84. The fourth-order valence-corrected chi connectivity index (χ4v) is 2.71. The third kappa shape index (κ3) is 2.52. The molecule has 1 aliphatic rings. The molecule has 0 aliphatic heterocycles. The van der Waals surface area contributed by atoms with E-state index in [1.165, 1.54) is 25.4 Å². The Morgan fingerprint density at radius 1 is 1.53 bits per heavy atom. The SMILES string of the molecule is CN(C(=O)c1ccoc1)C1CCCCC1CN. The summed E-state index contributed by atoms with van der Waals surface area (Å²) in [6, 6.07) is 1.98. The van der Waals surface area contributed by atoms with Gasteiger partial charge in [0.15, 0.2) is 0 Å². The second kappa shape index (κ2) is 5.36. The van der Waals surface area contributed by atoms with Crippen molar-refractivity contribution in [2.45, 2.75) is 31.7 Å². The minimum atomic E-state index is 0.0316. The summed E-state index contributed by atoms with van der Waals surface area (Å²) in [5.74, 6) is 0.466. The van der Waals surface area contributed by atoms with Crippen LogP contribution in [0.15, 0.2) is 23.0 Å². The molecule has 1 saturated carbocycles. The summed E-state index contributed by atoms with van der Waals surface area (Å²) in [6.45, 7) is 0.660. The lowest BCUT2D eigenvalue weighted by molar-refractivity contribution is 0.0619. The lowest BCUT2D eigenvalue weighted by Crippen LogP contribution is -2.45. The molecule has 0 aromatic carbocycles. The van der Waals surface area contributed by atoms with E-state index in [-0.39, 0.29) is 11.9 Å². The predicted octanol–water partition coefficient (Wildman–Crippen LogP) is 1.87. The fraction of sp³-hybridized carbons (Fsp3) is 0.615. The Morgan fingerprint density at radius 2 is 2.29 bits per heavy atom. The molecule has 1 amide bonds. The van der Waals surface area contributed by atoms with Crippen LogP contribution in [0.1, 0.15) is 36.0 Å². The molecular weight excluding hydrogens is 216 g/mol. The van der Waals surface area contributed by atoms with Gasteiger partial charge in [0, 0.05) is 13.1 Å². The van der Waals surface area contributed by atoms with Crippen molar-refractivity contribution in [3.63, 3.8) is 0 Å². The second-order valence-electron chi connectivity index (χ2n) is 4.78. The summed E-state index contributed by atoms with van der Waals surface area (Å²) in [7, 11) is 1.87. The van der Waals surface area contributed by atoms with Crippen LogP contribution < -0.4 is 5.73 Å². The van der Waals surface area contributed by atoms with Crippen molar-refractivity contribution < 1.29 is 9.21 Å². The zero-order valence-corrected chi connectivity index (χ0v) is 10.3. The first kappa shape index (κ1) is 12.2. The van der Waals surface area contributed by atoms with Gasteiger partial charge in [-0.15, -0.1) is 0 Å². The molecule has 2 unspecified atom stereocenters. The zero-order chi connectivity index (χ0) is 12.3. The minimum absolute atomic E-state index is 0.0316. The largest absolute Gasteiger partial charge is 0.472 e. The third-order valence-corrected chi connectivity index (χ3v) is 3.76. The molecule has 0 spiro atoms. The third-order valence-electron chi connectivity index (χ3n) is 3.76. The first-order valence-electron chi connectivity index (χ1n) is 6.23. The van der Waals surface area contributed by atoms with Crippen LogP contribution in [0.5, 0.6) is 0 Å². The minimum Gasteiger partial charge on any atom is -0.472 e. The van der Waals surface area contributed by atoms with Crippen LogP contribution in [0.4, 0.5) is 0 Å². The molecule has 4 heteroatoms. The van der Waals surface area contributed by atoms with E-state index >= 15 is 0 Å². The maximum Gasteiger partial charge on any atom is 0.257 e. The molecule has 0 saturated heterocycles. The standard InChI is InChI=1S/C13H20N2O2/c1-15(13(16)11-6-7-17-9-11)12-5-3-2-4-10(12)8-14/h6-7,9-10,12H,2-5,8,14H2,1H3. The maximum absolute atomic E-state index is 12.2. The smallest absolute Gasteiger partial charge is 0.257 e. The summed E-state index contributed by atoms with van der Waals surface area (Å²) in [5, 5.41) is 0. The van der Waals surface area contributed by atoms with Crippen molar-refractivity contribution in [3.8, 4) is 0 Å². The monoisotopic (exact) mass is 236 g/mol. The van der Waals surface area contributed by atoms with Crippen molar-refractivity contribution in [1.29, 1.82) is 0 Å². The Balaban J connectivity index is 2.07. The number of furan rings is 1. The zero-order valence-electron chi connectivity index (χ0n) is 10.3. The number of nitrogens with zero attached hydrogens (tertiary/aromatic N) is 1. The van der Waals surface area contributed by atoms with Gasteiger partial charge in [-0.2, -0.15) is 0 Å². The maximum atomic E-state index is 12.2. The Labute approximate surface area is 102 Å². The van der Waals surface area contributed by atoms with E-state index in [1.807, 2.05) is 11.9 Å². The molecule has 1 aromatic heterocycles. The Bertz CT molecular complexity index is 362. The molecule has 4 nitrogen and oxygen atoms in total. The van der Waals surface area contributed by atoms with Gasteiger partial charge in [-0.25, -0.2) is 0 Å². The molecule has 1 aromatic rings. The van der Waals surface area contributed by atoms with Gasteiger partial charge < -0.3 is 15.1 Å². The van der Waals surface area contributed by atoms with Crippen LogP contribution >= 0.6 is 0 Å². The van der Waals surface area contributed by atoms with Crippen LogP contribution in [0.2, 0.25) is 0 Å². The molecule has 1 fully saturated rings. The van der Waals surface area contributed by atoms with Gasteiger partial charge in [0.1, 0.15) is 6.26 Å². The van der Waals surface area contributed by atoms with Gasteiger partial charge in [-0.1, -0.05) is 12.8 Å². The van der Waals surface area contributed by atoms with Gasteiger partial charge in [-0.05, 0) is 31.4 Å².